The first-order valence-corrected chi connectivity index (χ1v) is 7.02. The van der Waals surface area contributed by atoms with Crippen molar-refractivity contribution in [2.45, 2.75) is 38.1 Å². The van der Waals surface area contributed by atoms with Gasteiger partial charge in [0.2, 0.25) is 0 Å². The molecule has 0 spiro atoms. The highest BCUT2D eigenvalue weighted by molar-refractivity contribution is 5.87. The fourth-order valence-corrected chi connectivity index (χ4v) is 2.96. The van der Waals surface area contributed by atoms with Crippen LogP contribution in [0.1, 0.15) is 37.7 Å². The first-order valence-electron chi connectivity index (χ1n) is 7.02. The number of hydrogen-bond acceptors (Lipinski definition) is 3. The summed E-state index contributed by atoms with van der Waals surface area (Å²) in [5.74, 6) is 0.270. The largest absolute Gasteiger partial charge is 0.409 e. The Balaban J connectivity index is 2.15. The number of oxime groups is 1. The Bertz CT molecular complexity index is 419. The van der Waals surface area contributed by atoms with E-state index in [0.29, 0.717) is 11.9 Å². The van der Waals surface area contributed by atoms with Crippen LogP contribution in [0.4, 0.5) is 0 Å². The minimum atomic E-state index is -0.0293. The molecule has 4 heteroatoms. The number of rotatable bonds is 5. The maximum Gasteiger partial charge on any atom is 0.147 e. The quantitative estimate of drug-likeness (QED) is 0.370. The van der Waals surface area contributed by atoms with E-state index in [0.717, 1.165) is 25.1 Å². The first-order chi connectivity index (χ1) is 9.26. The van der Waals surface area contributed by atoms with Gasteiger partial charge in [-0.05, 0) is 31.4 Å². The van der Waals surface area contributed by atoms with Gasteiger partial charge in [-0.15, -0.1) is 0 Å². The van der Waals surface area contributed by atoms with Crippen molar-refractivity contribution >= 4 is 5.84 Å². The summed E-state index contributed by atoms with van der Waals surface area (Å²) in [6.07, 6.45) is 3.67. The zero-order valence-electron chi connectivity index (χ0n) is 11.5. The van der Waals surface area contributed by atoms with Gasteiger partial charge in [-0.1, -0.05) is 42.4 Å². The number of amidine groups is 1. The highest BCUT2D eigenvalue weighted by Crippen LogP contribution is 2.25. The van der Waals surface area contributed by atoms with E-state index >= 15 is 0 Å². The lowest BCUT2D eigenvalue weighted by Gasteiger charge is -2.28. The lowest BCUT2D eigenvalue weighted by molar-refractivity contribution is 0.243. The summed E-state index contributed by atoms with van der Waals surface area (Å²) < 4.78 is 0. The molecule has 2 unspecified atom stereocenters. The molecule has 1 heterocycles. The summed E-state index contributed by atoms with van der Waals surface area (Å²) in [4.78, 5) is 2.47. The maximum atomic E-state index is 9.01. The molecule has 1 fully saturated rings. The summed E-state index contributed by atoms with van der Waals surface area (Å²) in [6.45, 7) is 4.17. The van der Waals surface area contributed by atoms with E-state index in [2.05, 4.69) is 17.0 Å². The van der Waals surface area contributed by atoms with Crippen molar-refractivity contribution in [2.24, 2.45) is 10.9 Å². The molecular formula is C15H23N3O. The smallest absolute Gasteiger partial charge is 0.147 e. The highest BCUT2D eigenvalue weighted by Gasteiger charge is 2.27. The normalized spacial score (nSPS) is 22.6. The van der Waals surface area contributed by atoms with Gasteiger partial charge in [0.15, 0.2) is 0 Å². The van der Waals surface area contributed by atoms with E-state index in [1.807, 2.05) is 30.3 Å². The van der Waals surface area contributed by atoms with Crippen molar-refractivity contribution in [1.82, 2.24) is 4.90 Å². The third-order valence-corrected chi connectivity index (χ3v) is 4.06. The van der Waals surface area contributed by atoms with E-state index in [9.17, 15) is 0 Å². The fraction of sp³-hybridized carbons (Fsp3) is 0.533. The second-order valence-corrected chi connectivity index (χ2v) is 5.19. The summed E-state index contributed by atoms with van der Waals surface area (Å²) in [5.41, 5.74) is 7.00. The molecule has 4 nitrogen and oxygen atoms in total. The molecule has 0 aromatic heterocycles. The molecule has 0 bridgehead atoms. The van der Waals surface area contributed by atoms with Crippen LogP contribution in [0.2, 0.25) is 0 Å². The Morgan fingerprint density at radius 1 is 1.47 bits per heavy atom. The van der Waals surface area contributed by atoms with Gasteiger partial charge in [-0.25, -0.2) is 0 Å². The van der Waals surface area contributed by atoms with Crippen LogP contribution in [-0.4, -0.2) is 35.1 Å². The van der Waals surface area contributed by atoms with Gasteiger partial charge in [0.05, 0.1) is 5.92 Å². The van der Waals surface area contributed by atoms with Gasteiger partial charge in [0.1, 0.15) is 5.84 Å². The monoisotopic (exact) mass is 261 g/mol. The van der Waals surface area contributed by atoms with Crippen molar-refractivity contribution in [1.29, 1.82) is 0 Å². The molecule has 0 radical (unpaired) electrons. The molecule has 1 aliphatic heterocycles. The van der Waals surface area contributed by atoms with E-state index in [1.165, 1.54) is 12.8 Å². The molecule has 1 aromatic rings. The molecule has 1 aliphatic rings. The Morgan fingerprint density at radius 2 is 2.21 bits per heavy atom. The van der Waals surface area contributed by atoms with Crippen molar-refractivity contribution in [3.8, 4) is 0 Å². The Hall–Kier alpha value is -1.55. The number of nitrogens with zero attached hydrogens (tertiary/aromatic N) is 2. The van der Waals surface area contributed by atoms with Crippen LogP contribution in [0.15, 0.2) is 35.5 Å². The van der Waals surface area contributed by atoms with E-state index in [1.54, 1.807) is 0 Å². The van der Waals surface area contributed by atoms with Crippen LogP contribution in [0.25, 0.3) is 0 Å². The average Bonchev–Trinajstić information content (AvgIpc) is 2.92. The predicted molar refractivity (Wildman–Crippen MR) is 77.5 cm³/mol. The number of hydrogen-bond donors (Lipinski definition) is 2. The summed E-state index contributed by atoms with van der Waals surface area (Å²) in [6, 6.07) is 10.7. The molecule has 0 saturated carbocycles. The van der Waals surface area contributed by atoms with Gasteiger partial charge in [-0.2, -0.15) is 0 Å². The Labute approximate surface area is 114 Å². The molecule has 0 amide bonds. The summed E-state index contributed by atoms with van der Waals surface area (Å²) >= 11 is 0. The summed E-state index contributed by atoms with van der Waals surface area (Å²) in [5, 5.41) is 12.2. The second kappa shape index (κ2) is 6.57. The fourth-order valence-electron chi connectivity index (χ4n) is 2.96. The molecule has 1 saturated heterocycles. The zero-order chi connectivity index (χ0) is 13.7. The third-order valence-electron chi connectivity index (χ3n) is 4.06. The average molecular weight is 261 g/mol. The van der Waals surface area contributed by atoms with Gasteiger partial charge < -0.3 is 10.9 Å². The molecule has 19 heavy (non-hydrogen) atoms. The molecule has 3 N–H and O–H groups in total. The third kappa shape index (κ3) is 3.26. The number of likely N-dealkylation sites (tertiary alicyclic amines) is 1. The van der Waals surface area contributed by atoms with E-state index < -0.39 is 0 Å². The van der Waals surface area contributed by atoms with E-state index in [-0.39, 0.29) is 5.92 Å². The second-order valence-electron chi connectivity index (χ2n) is 5.19. The minimum absolute atomic E-state index is 0.0293. The molecule has 0 aliphatic carbocycles. The van der Waals surface area contributed by atoms with E-state index in [4.69, 9.17) is 10.9 Å². The number of benzene rings is 1. The molecule has 2 rings (SSSR count). The zero-order valence-corrected chi connectivity index (χ0v) is 11.5. The first kappa shape index (κ1) is 13.9. The SMILES string of the molecule is CCC1CCCN1CC(C(N)=NO)c1ccccc1. The Kier molecular flexibility index (Phi) is 4.80. The molecule has 1 aromatic carbocycles. The van der Waals surface area contributed by atoms with Crippen LogP contribution in [0.5, 0.6) is 0 Å². The molecule has 104 valence electrons. The molecule has 2 atom stereocenters. The lowest BCUT2D eigenvalue weighted by Crippen LogP contribution is -2.37. The van der Waals surface area contributed by atoms with Crippen LogP contribution < -0.4 is 5.73 Å². The predicted octanol–water partition coefficient (Wildman–Crippen LogP) is 2.39. The van der Waals surface area contributed by atoms with Gasteiger partial charge in [0, 0.05) is 12.6 Å². The van der Waals surface area contributed by atoms with Gasteiger partial charge in [-0.3, -0.25) is 4.90 Å². The number of nitrogens with two attached hydrogens (primary N) is 1. The molecular weight excluding hydrogens is 238 g/mol. The van der Waals surface area contributed by atoms with Gasteiger partial charge >= 0.3 is 0 Å². The lowest BCUT2D eigenvalue weighted by atomic mass is 9.97. The summed E-state index contributed by atoms with van der Waals surface area (Å²) in [7, 11) is 0. The highest BCUT2D eigenvalue weighted by atomic mass is 16.4. The van der Waals surface area contributed by atoms with Crippen LogP contribution in [-0.2, 0) is 0 Å². The standard InChI is InChI=1S/C15H23N3O/c1-2-13-9-6-10-18(13)11-14(15(16)17-19)12-7-4-3-5-8-12/h3-5,7-8,13-14,19H,2,6,9-11H2,1H3,(H2,16,17). The Morgan fingerprint density at radius 3 is 2.84 bits per heavy atom. The maximum absolute atomic E-state index is 9.01. The van der Waals surface area contributed by atoms with Crippen molar-refractivity contribution in [3.05, 3.63) is 35.9 Å². The van der Waals surface area contributed by atoms with Crippen LogP contribution >= 0.6 is 0 Å². The van der Waals surface area contributed by atoms with Crippen LogP contribution in [0.3, 0.4) is 0 Å². The van der Waals surface area contributed by atoms with Crippen LogP contribution in [0, 0.1) is 0 Å². The van der Waals surface area contributed by atoms with Crippen molar-refractivity contribution in [3.63, 3.8) is 0 Å². The topological polar surface area (TPSA) is 61.8 Å². The van der Waals surface area contributed by atoms with Gasteiger partial charge in [0.25, 0.3) is 0 Å². The van der Waals surface area contributed by atoms with Crippen molar-refractivity contribution < 1.29 is 5.21 Å². The van der Waals surface area contributed by atoms with Crippen molar-refractivity contribution in [2.75, 3.05) is 13.1 Å². The minimum Gasteiger partial charge on any atom is -0.409 e.